The summed E-state index contributed by atoms with van der Waals surface area (Å²) in [6, 6.07) is 10.1. The molecule has 0 aliphatic heterocycles. The molecule has 0 bridgehead atoms. The number of fused-ring (bicyclic) bond motifs is 1. The first kappa shape index (κ1) is 20.4. The van der Waals surface area contributed by atoms with E-state index in [2.05, 4.69) is 39.1 Å². The number of nitriles is 1. The second-order valence-corrected chi connectivity index (χ2v) is 9.56. The standard InChI is InChI=1S/C23H28N2O2S/c1-5-15-6-9-17(10-7-15)27-14-21(26)25-22-19(13-24)18-11-8-16(23(2,3)4)12-20(18)28-22/h6-7,9-10,16H,5,8,11-12,14H2,1-4H3,(H,25,26)/t16-/m0/s1. The first-order valence-corrected chi connectivity index (χ1v) is 10.7. The predicted molar refractivity (Wildman–Crippen MR) is 114 cm³/mol. The molecule has 1 N–H and O–H groups in total. The minimum absolute atomic E-state index is 0.0659. The van der Waals surface area contributed by atoms with Gasteiger partial charge in [0, 0.05) is 4.88 Å². The summed E-state index contributed by atoms with van der Waals surface area (Å²) in [6.45, 7) is 8.85. The van der Waals surface area contributed by atoms with Crippen LogP contribution in [0.15, 0.2) is 24.3 Å². The molecule has 0 fully saturated rings. The van der Waals surface area contributed by atoms with Gasteiger partial charge in [0.2, 0.25) is 0 Å². The molecular formula is C23H28N2O2S. The third kappa shape index (κ3) is 4.56. The van der Waals surface area contributed by atoms with E-state index in [0.29, 0.717) is 22.2 Å². The fourth-order valence-corrected chi connectivity index (χ4v) is 4.96. The number of anilines is 1. The lowest BCUT2D eigenvalue weighted by Crippen LogP contribution is -2.26. The van der Waals surface area contributed by atoms with Crippen LogP contribution in [0.5, 0.6) is 5.75 Å². The molecule has 1 atom stereocenters. The van der Waals surface area contributed by atoms with Gasteiger partial charge in [0.05, 0.1) is 5.56 Å². The Balaban J connectivity index is 1.66. The Bertz CT molecular complexity index is 885. The smallest absolute Gasteiger partial charge is 0.262 e. The summed E-state index contributed by atoms with van der Waals surface area (Å²) in [4.78, 5) is 13.6. The number of hydrogen-bond acceptors (Lipinski definition) is 4. The fraction of sp³-hybridized carbons (Fsp3) is 0.478. The van der Waals surface area contributed by atoms with E-state index in [1.54, 1.807) is 11.3 Å². The summed E-state index contributed by atoms with van der Waals surface area (Å²) < 4.78 is 5.59. The second kappa shape index (κ2) is 8.36. The van der Waals surface area contributed by atoms with Crippen molar-refractivity contribution in [2.24, 2.45) is 11.3 Å². The van der Waals surface area contributed by atoms with Crippen LogP contribution in [0.3, 0.4) is 0 Å². The van der Waals surface area contributed by atoms with Gasteiger partial charge in [0.25, 0.3) is 5.91 Å². The van der Waals surface area contributed by atoms with Gasteiger partial charge in [-0.2, -0.15) is 5.26 Å². The number of rotatable bonds is 5. The number of amides is 1. The largest absolute Gasteiger partial charge is 0.484 e. The fourth-order valence-electron chi connectivity index (χ4n) is 3.66. The van der Waals surface area contributed by atoms with E-state index in [-0.39, 0.29) is 17.9 Å². The molecule has 2 aromatic rings. The molecule has 0 saturated carbocycles. The van der Waals surface area contributed by atoms with Crippen LogP contribution < -0.4 is 10.1 Å². The highest BCUT2D eigenvalue weighted by Gasteiger charge is 2.32. The molecule has 1 aliphatic carbocycles. The molecule has 1 amide bonds. The topological polar surface area (TPSA) is 62.1 Å². The third-order valence-electron chi connectivity index (χ3n) is 5.56. The lowest BCUT2D eigenvalue weighted by molar-refractivity contribution is -0.118. The van der Waals surface area contributed by atoms with E-state index in [9.17, 15) is 10.1 Å². The van der Waals surface area contributed by atoms with Gasteiger partial charge in [-0.25, -0.2) is 0 Å². The molecule has 4 nitrogen and oxygen atoms in total. The monoisotopic (exact) mass is 396 g/mol. The Morgan fingerprint density at radius 3 is 2.64 bits per heavy atom. The summed E-state index contributed by atoms with van der Waals surface area (Å²) in [6.07, 6.45) is 3.95. The molecule has 28 heavy (non-hydrogen) atoms. The predicted octanol–water partition coefficient (Wildman–Crippen LogP) is 5.35. The van der Waals surface area contributed by atoms with Crippen LogP contribution in [0.25, 0.3) is 0 Å². The maximum atomic E-state index is 12.4. The van der Waals surface area contributed by atoms with Crippen molar-refractivity contribution in [3.05, 3.63) is 45.8 Å². The van der Waals surface area contributed by atoms with Crippen LogP contribution in [-0.4, -0.2) is 12.5 Å². The first-order valence-electron chi connectivity index (χ1n) is 9.88. The molecule has 3 rings (SSSR count). The van der Waals surface area contributed by atoms with E-state index in [1.165, 1.54) is 10.4 Å². The van der Waals surface area contributed by atoms with E-state index in [1.807, 2.05) is 24.3 Å². The van der Waals surface area contributed by atoms with Crippen LogP contribution in [0, 0.1) is 22.7 Å². The lowest BCUT2D eigenvalue weighted by atomic mass is 9.72. The van der Waals surface area contributed by atoms with Gasteiger partial charge in [-0.3, -0.25) is 4.79 Å². The molecular weight excluding hydrogens is 368 g/mol. The molecule has 0 spiro atoms. The Morgan fingerprint density at radius 1 is 1.32 bits per heavy atom. The van der Waals surface area contributed by atoms with Crippen molar-refractivity contribution in [2.75, 3.05) is 11.9 Å². The van der Waals surface area contributed by atoms with Gasteiger partial charge in [0.15, 0.2) is 6.61 Å². The number of thiophene rings is 1. The van der Waals surface area contributed by atoms with Crippen LogP contribution >= 0.6 is 11.3 Å². The molecule has 0 unspecified atom stereocenters. The number of ether oxygens (including phenoxy) is 1. The van der Waals surface area contributed by atoms with E-state index in [0.717, 1.165) is 31.2 Å². The van der Waals surface area contributed by atoms with Gasteiger partial charge < -0.3 is 10.1 Å². The molecule has 1 aromatic heterocycles. The average Bonchev–Trinajstić information content (AvgIpc) is 3.02. The molecule has 1 aliphatic rings. The minimum Gasteiger partial charge on any atom is -0.484 e. The molecule has 0 saturated heterocycles. The van der Waals surface area contributed by atoms with Crippen molar-refractivity contribution in [2.45, 2.75) is 53.4 Å². The zero-order valence-corrected chi connectivity index (χ0v) is 17.9. The van der Waals surface area contributed by atoms with Crippen molar-refractivity contribution in [1.82, 2.24) is 0 Å². The van der Waals surface area contributed by atoms with Crippen molar-refractivity contribution in [3.8, 4) is 11.8 Å². The van der Waals surface area contributed by atoms with Crippen LogP contribution in [0.1, 0.15) is 55.7 Å². The van der Waals surface area contributed by atoms with Crippen LogP contribution in [-0.2, 0) is 24.1 Å². The Labute approximate surface area is 171 Å². The van der Waals surface area contributed by atoms with E-state index < -0.39 is 0 Å². The summed E-state index contributed by atoms with van der Waals surface area (Å²) in [7, 11) is 0. The van der Waals surface area contributed by atoms with Crippen molar-refractivity contribution in [1.29, 1.82) is 5.26 Å². The van der Waals surface area contributed by atoms with Crippen LogP contribution in [0.4, 0.5) is 5.00 Å². The van der Waals surface area contributed by atoms with Gasteiger partial charge in [-0.05, 0) is 60.3 Å². The van der Waals surface area contributed by atoms with Crippen molar-refractivity contribution >= 4 is 22.2 Å². The van der Waals surface area contributed by atoms with E-state index in [4.69, 9.17) is 4.74 Å². The SMILES string of the molecule is CCc1ccc(OCC(=O)Nc2sc3c(c2C#N)CC[C@H](C(C)(C)C)C3)cc1. The number of carbonyl (C=O) groups is 1. The Kier molecular flexibility index (Phi) is 6.10. The number of nitrogens with one attached hydrogen (secondary N) is 1. The summed E-state index contributed by atoms with van der Waals surface area (Å²) in [5.74, 6) is 1.04. The molecule has 5 heteroatoms. The van der Waals surface area contributed by atoms with Crippen molar-refractivity contribution < 1.29 is 9.53 Å². The highest BCUT2D eigenvalue weighted by molar-refractivity contribution is 7.16. The van der Waals surface area contributed by atoms with Crippen LogP contribution in [0.2, 0.25) is 0 Å². The number of carbonyl (C=O) groups excluding carboxylic acids is 1. The van der Waals surface area contributed by atoms with Crippen molar-refractivity contribution in [3.63, 3.8) is 0 Å². The summed E-state index contributed by atoms with van der Waals surface area (Å²) in [5.41, 5.74) is 3.24. The lowest BCUT2D eigenvalue weighted by Gasteiger charge is -2.33. The zero-order valence-electron chi connectivity index (χ0n) is 17.1. The van der Waals surface area contributed by atoms with E-state index >= 15 is 0 Å². The molecule has 148 valence electrons. The number of nitrogens with zero attached hydrogens (tertiary/aromatic N) is 1. The highest BCUT2D eigenvalue weighted by Crippen LogP contribution is 2.43. The molecule has 1 aromatic carbocycles. The first-order chi connectivity index (χ1) is 13.3. The third-order valence-corrected chi connectivity index (χ3v) is 6.73. The Hall–Kier alpha value is -2.32. The number of aryl methyl sites for hydroxylation is 1. The zero-order chi connectivity index (χ0) is 20.3. The Morgan fingerprint density at radius 2 is 2.04 bits per heavy atom. The summed E-state index contributed by atoms with van der Waals surface area (Å²) in [5, 5.41) is 13.2. The van der Waals surface area contributed by atoms with Gasteiger partial charge in [0.1, 0.15) is 16.8 Å². The summed E-state index contributed by atoms with van der Waals surface area (Å²) >= 11 is 1.55. The second-order valence-electron chi connectivity index (χ2n) is 8.46. The van der Waals surface area contributed by atoms with Gasteiger partial charge in [-0.15, -0.1) is 11.3 Å². The number of benzene rings is 1. The van der Waals surface area contributed by atoms with Gasteiger partial charge >= 0.3 is 0 Å². The maximum absolute atomic E-state index is 12.4. The normalized spacial score (nSPS) is 16.2. The number of hydrogen-bond donors (Lipinski definition) is 1. The minimum atomic E-state index is -0.234. The molecule has 1 heterocycles. The molecule has 0 radical (unpaired) electrons. The maximum Gasteiger partial charge on any atom is 0.262 e. The quantitative estimate of drug-likeness (QED) is 0.741. The van der Waals surface area contributed by atoms with Gasteiger partial charge in [-0.1, -0.05) is 39.8 Å². The average molecular weight is 397 g/mol. The highest BCUT2D eigenvalue weighted by atomic mass is 32.1.